The van der Waals surface area contributed by atoms with Crippen LogP contribution in [-0.2, 0) is 6.54 Å². The monoisotopic (exact) mass is 470 g/mol. The molecule has 0 amide bonds. The Morgan fingerprint density at radius 1 is 1.31 bits per heavy atom. The molecule has 0 unspecified atom stereocenters. The van der Waals surface area contributed by atoms with Crippen molar-refractivity contribution in [2.45, 2.75) is 51.3 Å². The van der Waals surface area contributed by atoms with Crippen LogP contribution >= 0.6 is 24.0 Å². The normalized spacial score (nSPS) is 20.3. The van der Waals surface area contributed by atoms with Gasteiger partial charge in [0, 0.05) is 31.2 Å². The van der Waals surface area contributed by atoms with Crippen molar-refractivity contribution in [2.75, 3.05) is 6.54 Å². The van der Waals surface area contributed by atoms with Gasteiger partial charge in [-0.25, -0.2) is 14.7 Å². The van der Waals surface area contributed by atoms with E-state index in [9.17, 15) is 5.11 Å². The van der Waals surface area contributed by atoms with Crippen LogP contribution in [0.2, 0.25) is 0 Å². The zero-order chi connectivity index (χ0) is 17.5. The Kier molecular flexibility index (Phi) is 8.30. The molecule has 3 rings (SSSR count). The van der Waals surface area contributed by atoms with Crippen LogP contribution in [0.15, 0.2) is 41.8 Å². The molecule has 1 fully saturated rings. The van der Waals surface area contributed by atoms with Crippen LogP contribution in [0, 0.1) is 0 Å². The SMILES string of the molecule is CCNC(=NCc1ccnc(-n2cccn2)c1)NC1CCC(O)CC1.I. The summed E-state index contributed by atoms with van der Waals surface area (Å²) in [7, 11) is 0. The van der Waals surface area contributed by atoms with Gasteiger partial charge in [0.2, 0.25) is 0 Å². The van der Waals surface area contributed by atoms with Crippen LogP contribution in [0.5, 0.6) is 0 Å². The lowest BCUT2D eigenvalue weighted by Gasteiger charge is -2.27. The Morgan fingerprint density at radius 3 is 2.81 bits per heavy atom. The van der Waals surface area contributed by atoms with Crippen LogP contribution in [0.25, 0.3) is 5.82 Å². The summed E-state index contributed by atoms with van der Waals surface area (Å²) in [6.07, 6.45) is 8.91. The molecule has 26 heavy (non-hydrogen) atoms. The molecule has 0 spiro atoms. The summed E-state index contributed by atoms with van der Waals surface area (Å²) in [5.74, 6) is 1.61. The van der Waals surface area contributed by atoms with Gasteiger partial charge in [-0.2, -0.15) is 5.10 Å². The Hall–Kier alpha value is -1.68. The lowest BCUT2D eigenvalue weighted by molar-refractivity contribution is 0.120. The summed E-state index contributed by atoms with van der Waals surface area (Å²) in [6.45, 7) is 3.45. The van der Waals surface area contributed by atoms with E-state index in [0.717, 1.165) is 49.6 Å². The maximum Gasteiger partial charge on any atom is 0.191 e. The Bertz CT molecular complexity index is 683. The minimum Gasteiger partial charge on any atom is -0.393 e. The average Bonchev–Trinajstić information content (AvgIpc) is 3.17. The molecule has 0 bridgehead atoms. The van der Waals surface area contributed by atoms with Gasteiger partial charge in [0.05, 0.1) is 12.6 Å². The number of aliphatic imine (C=N–C) groups is 1. The molecule has 0 radical (unpaired) electrons. The number of nitrogens with zero attached hydrogens (tertiary/aromatic N) is 4. The fourth-order valence-corrected chi connectivity index (χ4v) is 2.99. The molecule has 0 saturated heterocycles. The van der Waals surface area contributed by atoms with Crippen molar-refractivity contribution in [3.63, 3.8) is 0 Å². The Morgan fingerprint density at radius 2 is 2.12 bits per heavy atom. The number of aliphatic hydroxyl groups is 1. The highest BCUT2D eigenvalue weighted by Gasteiger charge is 2.19. The van der Waals surface area contributed by atoms with Gasteiger partial charge in [0.25, 0.3) is 0 Å². The van der Waals surface area contributed by atoms with E-state index >= 15 is 0 Å². The van der Waals surface area contributed by atoms with E-state index in [1.165, 1.54) is 0 Å². The number of guanidine groups is 1. The highest BCUT2D eigenvalue weighted by Crippen LogP contribution is 2.18. The second kappa shape index (κ2) is 10.5. The van der Waals surface area contributed by atoms with Crippen molar-refractivity contribution in [2.24, 2.45) is 4.99 Å². The molecule has 0 atom stereocenters. The largest absolute Gasteiger partial charge is 0.393 e. The molecule has 2 aromatic heterocycles. The molecule has 2 aromatic rings. The van der Waals surface area contributed by atoms with Crippen LogP contribution in [-0.4, -0.2) is 44.5 Å². The van der Waals surface area contributed by atoms with E-state index in [2.05, 4.69) is 27.6 Å². The molecule has 0 aliphatic heterocycles. The average molecular weight is 470 g/mol. The maximum atomic E-state index is 9.63. The molecule has 2 heterocycles. The number of halogens is 1. The highest BCUT2D eigenvalue weighted by atomic mass is 127. The Labute approximate surface area is 171 Å². The number of aliphatic hydroxyl groups excluding tert-OH is 1. The van der Waals surface area contributed by atoms with Crippen molar-refractivity contribution < 1.29 is 5.11 Å². The van der Waals surface area contributed by atoms with Gasteiger partial charge in [-0.1, -0.05) is 0 Å². The standard InChI is InChI=1S/C18H26N6O.HI/c1-2-19-18(23-15-4-6-16(25)7-5-15)21-13-14-8-10-20-17(12-14)24-11-3-9-22-24;/h3,8-12,15-16,25H,2,4-7,13H2,1H3,(H2,19,21,23);1H. The van der Waals surface area contributed by atoms with Gasteiger partial charge < -0.3 is 15.7 Å². The van der Waals surface area contributed by atoms with Gasteiger partial charge in [-0.15, -0.1) is 24.0 Å². The Balaban J connectivity index is 0.00000243. The van der Waals surface area contributed by atoms with Gasteiger partial charge in [0.15, 0.2) is 11.8 Å². The van der Waals surface area contributed by atoms with E-state index in [1.54, 1.807) is 17.1 Å². The lowest BCUT2D eigenvalue weighted by Crippen LogP contribution is -2.45. The zero-order valence-electron chi connectivity index (χ0n) is 15.0. The number of rotatable bonds is 5. The van der Waals surface area contributed by atoms with Crippen LogP contribution in [0.4, 0.5) is 0 Å². The number of pyridine rings is 1. The van der Waals surface area contributed by atoms with E-state index in [-0.39, 0.29) is 30.1 Å². The minimum atomic E-state index is -0.143. The van der Waals surface area contributed by atoms with Gasteiger partial charge in [-0.3, -0.25) is 0 Å². The summed E-state index contributed by atoms with van der Waals surface area (Å²) in [5.41, 5.74) is 1.08. The first kappa shape index (κ1) is 20.6. The highest BCUT2D eigenvalue weighted by molar-refractivity contribution is 14.0. The molecule has 1 saturated carbocycles. The minimum absolute atomic E-state index is 0. The smallest absolute Gasteiger partial charge is 0.191 e. The van der Waals surface area contributed by atoms with Gasteiger partial charge >= 0.3 is 0 Å². The fourth-order valence-electron chi connectivity index (χ4n) is 2.99. The summed E-state index contributed by atoms with van der Waals surface area (Å²) >= 11 is 0. The predicted octanol–water partition coefficient (Wildman–Crippen LogP) is 2.24. The third-order valence-electron chi connectivity index (χ3n) is 4.35. The summed E-state index contributed by atoms with van der Waals surface area (Å²) < 4.78 is 1.74. The summed E-state index contributed by atoms with van der Waals surface area (Å²) in [6, 6.07) is 6.22. The molecule has 8 heteroatoms. The van der Waals surface area contributed by atoms with Gasteiger partial charge in [0.1, 0.15) is 0 Å². The van der Waals surface area contributed by atoms with Crippen LogP contribution < -0.4 is 10.6 Å². The number of hydrogen-bond donors (Lipinski definition) is 3. The van der Waals surface area contributed by atoms with E-state index in [0.29, 0.717) is 12.6 Å². The molecule has 0 aromatic carbocycles. The van der Waals surface area contributed by atoms with Crippen molar-refractivity contribution in [3.8, 4) is 5.82 Å². The predicted molar refractivity (Wildman–Crippen MR) is 113 cm³/mol. The van der Waals surface area contributed by atoms with Gasteiger partial charge in [-0.05, 0) is 56.4 Å². The van der Waals surface area contributed by atoms with E-state index in [1.807, 2.05) is 24.4 Å². The molecule has 1 aliphatic rings. The molecular weight excluding hydrogens is 443 g/mol. The second-order valence-corrected chi connectivity index (χ2v) is 6.32. The fraction of sp³-hybridized carbons (Fsp3) is 0.500. The number of nitrogens with one attached hydrogen (secondary N) is 2. The first-order chi connectivity index (χ1) is 12.2. The third-order valence-corrected chi connectivity index (χ3v) is 4.35. The first-order valence-corrected chi connectivity index (χ1v) is 8.92. The molecule has 142 valence electrons. The van der Waals surface area contributed by atoms with E-state index < -0.39 is 0 Å². The molecule has 1 aliphatic carbocycles. The quantitative estimate of drug-likeness (QED) is 0.355. The third kappa shape index (κ3) is 5.94. The summed E-state index contributed by atoms with van der Waals surface area (Å²) in [5, 5.41) is 20.6. The van der Waals surface area contributed by atoms with Crippen molar-refractivity contribution >= 4 is 29.9 Å². The number of aromatic nitrogens is 3. The molecular formula is C18H27IN6O. The van der Waals surface area contributed by atoms with Crippen molar-refractivity contribution in [1.82, 2.24) is 25.4 Å². The second-order valence-electron chi connectivity index (χ2n) is 6.32. The lowest BCUT2D eigenvalue weighted by atomic mass is 9.93. The maximum absolute atomic E-state index is 9.63. The topological polar surface area (TPSA) is 87.4 Å². The number of hydrogen-bond acceptors (Lipinski definition) is 4. The zero-order valence-corrected chi connectivity index (χ0v) is 17.3. The van der Waals surface area contributed by atoms with E-state index in [4.69, 9.17) is 4.99 Å². The molecule has 3 N–H and O–H groups in total. The van der Waals surface area contributed by atoms with Crippen molar-refractivity contribution in [3.05, 3.63) is 42.4 Å². The van der Waals surface area contributed by atoms with Crippen LogP contribution in [0.3, 0.4) is 0 Å². The molecule has 7 nitrogen and oxygen atoms in total. The van der Waals surface area contributed by atoms with Crippen LogP contribution in [0.1, 0.15) is 38.2 Å². The first-order valence-electron chi connectivity index (χ1n) is 8.92. The summed E-state index contributed by atoms with van der Waals surface area (Å²) in [4.78, 5) is 9.04. The van der Waals surface area contributed by atoms with Crippen molar-refractivity contribution in [1.29, 1.82) is 0 Å².